The smallest absolute Gasteiger partial charge is 0.174 e. The molecule has 0 heterocycles. The number of aliphatic hydroxyl groups is 1. The van der Waals surface area contributed by atoms with Crippen molar-refractivity contribution >= 4 is 28.3 Å². The second-order valence-electron chi connectivity index (χ2n) is 3.98. The maximum Gasteiger partial charge on any atom is 0.174 e. The van der Waals surface area contributed by atoms with Crippen molar-refractivity contribution < 1.29 is 14.6 Å². The minimum atomic E-state index is 0. The summed E-state index contributed by atoms with van der Waals surface area (Å²) >= 11 is 3.46. The summed E-state index contributed by atoms with van der Waals surface area (Å²) in [4.78, 5) is 0. The van der Waals surface area contributed by atoms with E-state index < -0.39 is 0 Å². The van der Waals surface area contributed by atoms with Gasteiger partial charge in [-0.3, -0.25) is 0 Å². The first-order valence-corrected chi connectivity index (χ1v) is 6.70. The van der Waals surface area contributed by atoms with Crippen LogP contribution in [0.15, 0.2) is 16.6 Å². The molecule has 0 bridgehead atoms. The first-order valence-electron chi connectivity index (χ1n) is 5.90. The van der Waals surface area contributed by atoms with Crippen molar-refractivity contribution in [2.45, 2.75) is 25.9 Å². The fourth-order valence-corrected chi connectivity index (χ4v) is 2.32. The van der Waals surface area contributed by atoms with E-state index in [0.29, 0.717) is 18.0 Å². The second-order valence-corrected chi connectivity index (χ2v) is 4.84. The normalized spacial score (nSPS) is 11.6. The Labute approximate surface area is 129 Å². The van der Waals surface area contributed by atoms with Crippen LogP contribution in [-0.4, -0.2) is 32.0 Å². The van der Waals surface area contributed by atoms with Crippen molar-refractivity contribution in [1.82, 2.24) is 5.32 Å². The molecule has 1 aromatic rings. The Balaban J connectivity index is 0.00000324. The molecule has 0 amide bonds. The molecule has 19 heavy (non-hydrogen) atoms. The summed E-state index contributed by atoms with van der Waals surface area (Å²) in [5.41, 5.74) is 1.08. The van der Waals surface area contributed by atoms with Crippen molar-refractivity contribution in [1.29, 1.82) is 0 Å². The number of hydrogen-bond donors (Lipinski definition) is 2. The first-order chi connectivity index (χ1) is 8.65. The van der Waals surface area contributed by atoms with E-state index in [1.54, 1.807) is 14.2 Å². The molecule has 0 aliphatic rings. The van der Waals surface area contributed by atoms with Gasteiger partial charge in [-0.2, -0.15) is 0 Å². The molecular formula is C13H21BrClNO3. The molecule has 0 saturated heterocycles. The molecule has 0 saturated carbocycles. The van der Waals surface area contributed by atoms with Crippen LogP contribution in [0.1, 0.15) is 18.9 Å². The third kappa shape index (κ3) is 5.18. The molecule has 110 valence electrons. The first kappa shape index (κ1) is 18.5. The van der Waals surface area contributed by atoms with Gasteiger partial charge in [0, 0.05) is 12.6 Å². The SMILES string of the molecule is CCC(CO)NCc1cc(Br)c(OC)c(OC)c1.Cl. The molecule has 6 heteroatoms. The standard InChI is InChI=1S/C13H20BrNO3.ClH/c1-4-10(8-16)15-7-9-5-11(14)13(18-3)12(6-9)17-2;/h5-6,10,15-16H,4,7-8H2,1-3H3;1H. The van der Waals surface area contributed by atoms with Gasteiger partial charge in [0.25, 0.3) is 0 Å². The van der Waals surface area contributed by atoms with Gasteiger partial charge < -0.3 is 19.9 Å². The lowest BCUT2D eigenvalue weighted by atomic mass is 10.1. The lowest BCUT2D eigenvalue weighted by Gasteiger charge is -2.16. The van der Waals surface area contributed by atoms with Crippen LogP contribution in [0.2, 0.25) is 0 Å². The summed E-state index contributed by atoms with van der Waals surface area (Å²) in [7, 11) is 3.23. The van der Waals surface area contributed by atoms with E-state index in [0.717, 1.165) is 16.5 Å². The van der Waals surface area contributed by atoms with E-state index in [1.807, 2.05) is 19.1 Å². The van der Waals surface area contributed by atoms with Gasteiger partial charge in [0.1, 0.15) is 0 Å². The molecule has 1 atom stereocenters. The van der Waals surface area contributed by atoms with Gasteiger partial charge in [-0.1, -0.05) is 6.92 Å². The number of benzene rings is 1. The van der Waals surface area contributed by atoms with Crippen LogP contribution in [0.25, 0.3) is 0 Å². The number of methoxy groups -OCH3 is 2. The van der Waals surface area contributed by atoms with Gasteiger partial charge in [-0.05, 0) is 40.0 Å². The summed E-state index contributed by atoms with van der Waals surface area (Å²) in [6, 6.07) is 4.04. The van der Waals surface area contributed by atoms with Crippen LogP contribution in [0.3, 0.4) is 0 Å². The highest BCUT2D eigenvalue weighted by molar-refractivity contribution is 9.10. The molecule has 0 fully saturated rings. The van der Waals surface area contributed by atoms with Crippen molar-refractivity contribution in [3.8, 4) is 11.5 Å². The van der Waals surface area contributed by atoms with Gasteiger partial charge in [0.05, 0.1) is 25.3 Å². The monoisotopic (exact) mass is 353 g/mol. The van der Waals surface area contributed by atoms with Crippen LogP contribution in [0.4, 0.5) is 0 Å². The van der Waals surface area contributed by atoms with E-state index in [-0.39, 0.29) is 25.1 Å². The lowest BCUT2D eigenvalue weighted by molar-refractivity contribution is 0.238. The van der Waals surface area contributed by atoms with E-state index in [1.165, 1.54) is 0 Å². The number of rotatable bonds is 7. The highest BCUT2D eigenvalue weighted by atomic mass is 79.9. The Bertz CT molecular complexity index is 386. The molecule has 0 spiro atoms. The third-order valence-electron chi connectivity index (χ3n) is 2.80. The maximum absolute atomic E-state index is 9.13. The fourth-order valence-electron chi connectivity index (χ4n) is 1.67. The number of nitrogens with one attached hydrogen (secondary N) is 1. The fraction of sp³-hybridized carbons (Fsp3) is 0.538. The zero-order valence-corrected chi connectivity index (χ0v) is 13.8. The Hall–Kier alpha value is -0.490. The Morgan fingerprint density at radius 1 is 1.32 bits per heavy atom. The van der Waals surface area contributed by atoms with Gasteiger partial charge >= 0.3 is 0 Å². The van der Waals surface area contributed by atoms with Crippen molar-refractivity contribution in [2.75, 3.05) is 20.8 Å². The molecular weight excluding hydrogens is 334 g/mol. The van der Waals surface area contributed by atoms with E-state index >= 15 is 0 Å². The molecule has 1 unspecified atom stereocenters. The molecule has 0 radical (unpaired) electrons. The molecule has 1 aromatic carbocycles. The molecule has 2 N–H and O–H groups in total. The average Bonchev–Trinajstić information content (AvgIpc) is 2.39. The minimum absolute atomic E-state index is 0. The largest absolute Gasteiger partial charge is 0.493 e. The molecule has 0 aliphatic carbocycles. The average molecular weight is 355 g/mol. The van der Waals surface area contributed by atoms with Crippen LogP contribution in [-0.2, 0) is 6.54 Å². The number of ether oxygens (including phenoxy) is 2. The highest BCUT2D eigenvalue weighted by Gasteiger charge is 2.11. The van der Waals surface area contributed by atoms with Crippen LogP contribution < -0.4 is 14.8 Å². The Morgan fingerprint density at radius 2 is 2.00 bits per heavy atom. The zero-order chi connectivity index (χ0) is 13.5. The summed E-state index contributed by atoms with van der Waals surface area (Å²) < 4.78 is 11.4. The van der Waals surface area contributed by atoms with Crippen molar-refractivity contribution in [2.24, 2.45) is 0 Å². The molecule has 1 rings (SSSR count). The Morgan fingerprint density at radius 3 is 2.47 bits per heavy atom. The predicted molar refractivity (Wildman–Crippen MR) is 82.5 cm³/mol. The van der Waals surface area contributed by atoms with E-state index in [9.17, 15) is 0 Å². The molecule has 0 aliphatic heterocycles. The van der Waals surface area contributed by atoms with Gasteiger partial charge in [0.2, 0.25) is 0 Å². The maximum atomic E-state index is 9.13. The summed E-state index contributed by atoms with van der Waals surface area (Å²) in [6.07, 6.45) is 0.894. The molecule has 0 aromatic heterocycles. The third-order valence-corrected chi connectivity index (χ3v) is 3.39. The second kappa shape index (κ2) is 9.42. The van der Waals surface area contributed by atoms with Crippen molar-refractivity contribution in [3.05, 3.63) is 22.2 Å². The number of halogens is 2. The number of aliphatic hydroxyl groups excluding tert-OH is 1. The quantitative estimate of drug-likeness (QED) is 0.790. The lowest BCUT2D eigenvalue weighted by Crippen LogP contribution is -2.31. The summed E-state index contributed by atoms with van der Waals surface area (Å²) in [5, 5.41) is 12.4. The Kier molecular flexibility index (Phi) is 9.18. The van der Waals surface area contributed by atoms with Gasteiger partial charge in [0.15, 0.2) is 11.5 Å². The highest BCUT2D eigenvalue weighted by Crippen LogP contribution is 2.36. The van der Waals surface area contributed by atoms with Crippen LogP contribution >= 0.6 is 28.3 Å². The van der Waals surface area contributed by atoms with Crippen LogP contribution in [0, 0.1) is 0 Å². The van der Waals surface area contributed by atoms with E-state index in [4.69, 9.17) is 14.6 Å². The summed E-state index contributed by atoms with van der Waals surface area (Å²) in [6.45, 7) is 2.86. The topological polar surface area (TPSA) is 50.7 Å². The summed E-state index contributed by atoms with van der Waals surface area (Å²) in [5.74, 6) is 1.39. The van der Waals surface area contributed by atoms with Crippen LogP contribution in [0.5, 0.6) is 11.5 Å². The molecule has 4 nitrogen and oxygen atoms in total. The van der Waals surface area contributed by atoms with Gasteiger partial charge in [-0.15, -0.1) is 12.4 Å². The van der Waals surface area contributed by atoms with Gasteiger partial charge in [-0.25, -0.2) is 0 Å². The minimum Gasteiger partial charge on any atom is -0.493 e. The van der Waals surface area contributed by atoms with Crippen molar-refractivity contribution in [3.63, 3.8) is 0 Å². The number of hydrogen-bond acceptors (Lipinski definition) is 4. The van der Waals surface area contributed by atoms with E-state index in [2.05, 4.69) is 21.2 Å². The predicted octanol–water partition coefficient (Wildman–Crippen LogP) is 2.75. The zero-order valence-electron chi connectivity index (χ0n) is 11.4.